The number of aromatic amines is 1. The Balaban J connectivity index is 1.26. The second-order valence-corrected chi connectivity index (χ2v) is 8.51. The molecule has 1 saturated heterocycles. The van der Waals surface area contributed by atoms with E-state index in [0.717, 1.165) is 35.3 Å². The SMILES string of the molecule is N#CCC(C1CCN(c2nc3cc(Cl)cnc3o2)C1)n1cc(-c2ncnc3[nH]ccc23)cn1. The Hall–Kier alpha value is -3.97. The molecule has 6 heterocycles. The molecule has 0 aliphatic carbocycles. The van der Waals surface area contributed by atoms with Crippen LogP contribution in [0.25, 0.3) is 33.5 Å². The van der Waals surface area contributed by atoms with Gasteiger partial charge in [-0.15, -0.1) is 0 Å². The fraction of sp³-hybridized carbons (Fsp3) is 0.273. The number of pyridine rings is 1. The third-order valence-electron chi connectivity index (χ3n) is 6.11. The number of nitrogens with one attached hydrogen (secondary N) is 1. The van der Waals surface area contributed by atoms with Gasteiger partial charge in [0.2, 0.25) is 5.71 Å². The molecule has 10 nitrogen and oxygen atoms in total. The molecule has 164 valence electrons. The first kappa shape index (κ1) is 19.7. The van der Waals surface area contributed by atoms with Crippen LogP contribution in [0.4, 0.5) is 6.01 Å². The maximum atomic E-state index is 9.52. The molecule has 11 heteroatoms. The number of anilines is 1. The number of rotatable bonds is 5. The normalized spacial score (nSPS) is 17.1. The summed E-state index contributed by atoms with van der Waals surface area (Å²) in [5, 5.41) is 15.6. The minimum atomic E-state index is -0.0748. The van der Waals surface area contributed by atoms with Gasteiger partial charge in [-0.05, 0) is 18.6 Å². The third kappa shape index (κ3) is 3.47. The molecule has 0 bridgehead atoms. The summed E-state index contributed by atoms with van der Waals surface area (Å²) >= 11 is 6.02. The lowest BCUT2D eigenvalue weighted by Crippen LogP contribution is -2.25. The molecule has 0 spiro atoms. The largest absolute Gasteiger partial charge is 0.404 e. The van der Waals surface area contributed by atoms with Crippen LogP contribution in [0.15, 0.2) is 47.7 Å². The van der Waals surface area contributed by atoms with Crippen molar-refractivity contribution in [3.05, 3.63) is 48.3 Å². The zero-order chi connectivity index (χ0) is 22.4. The van der Waals surface area contributed by atoms with Crippen molar-refractivity contribution in [2.75, 3.05) is 18.0 Å². The van der Waals surface area contributed by atoms with E-state index in [1.807, 2.05) is 23.1 Å². The van der Waals surface area contributed by atoms with E-state index >= 15 is 0 Å². The summed E-state index contributed by atoms with van der Waals surface area (Å²) in [4.78, 5) is 22.6. The van der Waals surface area contributed by atoms with Crippen LogP contribution in [0.1, 0.15) is 18.9 Å². The van der Waals surface area contributed by atoms with Gasteiger partial charge >= 0.3 is 0 Å². The summed E-state index contributed by atoms with van der Waals surface area (Å²) in [7, 11) is 0. The van der Waals surface area contributed by atoms with Gasteiger partial charge in [0, 0.05) is 48.5 Å². The summed E-state index contributed by atoms with van der Waals surface area (Å²) in [6.45, 7) is 1.48. The van der Waals surface area contributed by atoms with Gasteiger partial charge in [-0.25, -0.2) is 15.0 Å². The minimum absolute atomic E-state index is 0.0748. The Morgan fingerprint density at radius 1 is 1.30 bits per heavy atom. The van der Waals surface area contributed by atoms with E-state index in [1.165, 1.54) is 6.33 Å². The van der Waals surface area contributed by atoms with Gasteiger partial charge in [0.15, 0.2) is 0 Å². The molecule has 5 aromatic heterocycles. The molecule has 0 aromatic carbocycles. The molecular weight excluding hydrogens is 442 g/mol. The van der Waals surface area contributed by atoms with Crippen molar-refractivity contribution in [3.8, 4) is 17.3 Å². The summed E-state index contributed by atoms with van der Waals surface area (Å²) in [5.41, 5.74) is 3.58. The summed E-state index contributed by atoms with van der Waals surface area (Å²) < 4.78 is 7.73. The highest BCUT2D eigenvalue weighted by Gasteiger charge is 2.33. The molecule has 2 unspecified atom stereocenters. The van der Waals surface area contributed by atoms with E-state index in [0.29, 0.717) is 35.2 Å². The van der Waals surface area contributed by atoms with Crippen molar-refractivity contribution in [1.82, 2.24) is 34.7 Å². The number of nitriles is 1. The molecule has 33 heavy (non-hydrogen) atoms. The molecule has 1 aliphatic rings. The van der Waals surface area contributed by atoms with Gasteiger partial charge in [0.25, 0.3) is 6.01 Å². The van der Waals surface area contributed by atoms with Crippen molar-refractivity contribution in [3.63, 3.8) is 0 Å². The highest BCUT2D eigenvalue weighted by atomic mass is 35.5. The molecule has 0 amide bonds. The molecule has 0 radical (unpaired) electrons. The molecule has 1 fully saturated rings. The molecule has 2 atom stereocenters. The number of nitrogens with zero attached hydrogens (tertiary/aromatic N) is 8. The molecule has 6 rings (SSSR count). The van der Waals surface area contributed by atoms with Gasteiger partial charge in [-0.3, -0.25) is 4.68 Å². The fourth-order valence-corrected chi connectivity index (χ4v) is 4.66. The standard InChI is InChI=1S/C22H18ClN9O/c23-15-7-17-21(26-9-15)33-22(30-17)31-6-3-13(10-31)18(1-4-24)32-11-14(8-29-32)19-16-2-5-25-20(16)28-12-27-19/h2,5,7-9,11-13,18H,1,3,6,10H2,(H,25,27,28). The van der Waals surface area contributed by atoms with E-state index < -0.39 is 0 Å². The van der Waals surface area contributed by atoms with Gasteiger partial charge in [0.1, 0.15) is 17.5 Å². The highest BCUT2D eigenvalue weighted by molar-refractivity contribution is 6.31. The third-order valence-corrected chi connectivity index (χ3v) is 6.32. The first-order chi connectivity index (χ1) is 16.2. The monoisotopic (exact) mass is 459 g/mol. The topological polar surface area (TPSA) is 125 Å². The Morgan fingerprint density at radius 3 is 3.15 bits per heavy atom. The van der Waals surface area contributed by atoms with E-state index in [-0.39, 0.29) is 12.0 Å². The second kappa shape index (κ2) is 7.86. The van der Waals surface area contributed by atoms with Crippen molar-refractivity contribution in [2.24, 2.45) is 5.92 Å². The quantitative estimate of drug-likeness (QED) is 0.418. The van der Waals surface area contributed by atoms with Crippen molar-refractivity contribution in [1.29, 1.82) is 5.26 Å². The van der Waals surface area contributed by atoms with E-state index in [9.17, 15) is 5.26 Å². The first-order valence-corrected chi connectivity index (χ1v) is 10.9. The number of aromatic nitrogens is 7. The number of hydrogen-bond donors (Lipinski definition) is 1. The Kier molecular flexibility index (Phi) is 4.69. The predicted molar refractivity (Wildman–Crippen MR) is 122 cm³/mol. The van der Waals surface area contributed by atoms with E-state index in [4.69, 9.17) is 16.0 Å². The average Bonchev–Trinajstić information content (AvgIpc) is 3.62. The Bertz CT molecular complexity index is 1500. The van der Waals surface area contributed by atoms with Gasteiger partial charge in [-0.2, -0.15) is 15.3 Å². The maximum absolute atomic E-state index is 9.52. The number of oxazole rings is 1. The molecule has 1 N–H and O–H groups in total. The van der Waals surface area contributed by atoms with Crippen molar-refractivity contribution >= 4 is 39.9 Å². The van der Waals surface area contributed by atoms with Crippen LogP contribution in [-0.4, -0.2) is 47.8 Å². The van der Waals surface area contributed by atoms with E-state index in [2.05, 4.69) is 41.0 Å². The van der Waals surface area contributed by atoms with Crippen molar-refractivity contribution < 1.29 is 4.42 Å². The molecular formula is C22H18ClN9O. The first-order valence-electron chi connectivity index (χ1n) is 10.6. The fourth-order valence-electron chi connectivity index (χ4n) is 4.51. The Morgan fingerprint density at radius 2 is 2.24 bits per heavy atom. The molecule has 0 saturated carbocycles. The second-order valence-electron chi connectivity index (χ2n) is 8.07. The zero-order valence-electron chi connectivity index (χ0n) is 17.4. The summed E-state index contributed by atoms with van der Waals surface area (Å²) in [5.74, 6) is 0.210. The summed E-state index contributed by atoms with van der Waals surface area (Å²) in [6.07, 6.45) is 9.93. The van der Waals surface area contributed by atoms with Crippen molar-refractivity contribution in [2.45, 2.75) is 18.9 Å². The number of H-pyrrole nitrogens is 1. The maximum Gasteiger partial charge on any atom is 0.299 e. The van der Waals surface area contributed by atoms with Crippen LogP contribution in [0.3, 0.4) is 0 Å². The number of hydrogen-bond acceptors (Lipinski definition) is 8. The number of fused-ring (bicyclic) bond motifs is 2. The van der Waals surface area contributed by atoms with Crippen LogP contribution in [0, 0.1) is 17.2 Å². The zero-order valence-corrected chi connectivity index (χ0v) is 18.1. The minimum Gasteiger partial charge on any atom is -0.404 e. The molecule has 1 aliphatic heterocycles. The lowest BCUT2D eigenvalue weighted by molar-refractivity contribution is 0.331. The lowest BCUT2D eigenvalue weighted by Gasteiger charge is -2.22. The van der Waals surface area contributed by atoms with E-state index in [1.54, 1.807) is 18.5 Å². The van der Waals surface area contributed by atoms with Gasteiger partial charge in [0.05, 0.1) is 35.4 Å². The van der Waals surface area contributed by atoms with Gasteiger partial charge in [-0.1, -0.05) is 11.6 Å². The van der Waals surface area contributed by atoms with Crippen LogP contribution in [-0.2, 0) is 0 Å². The highest BCUT2D eigenvalue weighted by Crippen LogP contribution is 2.35. The van der Waals surface area contributed by atoms with Crippen LogP contribution in [0.2, 0.25) is 5.02 Å². The van der Waals surface area contributed by atoms with Crippen LogP contribution in [0.5, 0.6) is 0 Å². The lowest BCUT2D eigenvalue weighted by atomic mass is 9.96. The molecule has 5 aromatic rings. The predicted octanol–water partition coefficient (Wildman–Crippen LogP) is 3.99. The summed E-state index contributed by atoms with van der Waals surface area (Å²) in [6, 6.07) is 6.46. The number of halogens is 1. The van der Waals surface area contributed by atoms with Crippen LogP contribution < -0.4 is 4.90 Å². The average molecular weight is 460 g/mol. The van der Waals surface area contributed by atoms with Crippen LogP contribution >= 0.6 is 11.6 Å². The Labute approximate surface area is 192 Å². The smallest absolute Gasteiger partial charge is 0.299 e. The van der Waals surface area contributed by atoms with Gasteiger partial charge < -0.3 is 14.3 Å².